The standard InChI is InChI=1S/C26H26FN5OS/c27-21-9-3-5-11-23(21)29-26(33)28-22-10-4-1-7-19(22)13-14-31-15-17-32(18-16-31)25-20-8-2-6-12-24(20)34-30-25/h1-12H,13-18H2,(H2,28,29,33). The molecule has 1 saturated heterocycles. The number of hydrogen-bond acceptors (Lipinski definition) is 5. The number of hydrogen-bond donors (Lipinski definition) is 2. The molecule has 2 N–H and O–H groups in total. The number of nitrogens with one attached hydrogen (secondary N) is 2. The largest absolute Gasteiger partial charge is 0.353 e. The maximum Gasteiger partial charge on any atom is 0.323 e. The smallest absolute Gasteiger partial charge is 0.323 e. The molecule has 1 fully saturated rings. The van der Waals surface area contributed by atoms with Crippen LogP contribution in [0.2, 0.25) is 0 Å². The third-order valence-corrected chi connectivity index (χ3v) is 6.93. The maximum absolute atomic E-state index is 13.8. The van der Waals surface area contributed by atoms with Crippen LogP contribution in [0.5, 0.6) is 0 Å². The summed E-state index contributed by atoms with van der Waals surface area (Å²) in [5.74, 6) is 0.631. The molecule has 2 heterocycles. The first-order valence-corrected chi connectivity index (χ1v) is 12.2. The van der Waals surface area contributed by atoms with E-state index in [0.29, 0.717) is 0 Å². The van der Waals surface area contributed by atoms with E-state index in [1.54, 1.807) is 23.7 Å². The first kappa shape index (κ1) is 22.3. The molecule has 5 rings (SSSR count). The van der Waals surface area contributed by atoms with Gasteiger partial charge in [0.2, 0.25) is 0 Å². The SMILES string of the molecule is O=C(Nc1ccccc1F)Nc1ccccc1CCN1CCN(c2nsc3ccccc23)CC1. The van der Waals surface area contributed by atoms with E-state index in [1.165, 1.54) is 22.2 Å². The molecule has 1 aliphatic heterocycles. The molecule has 34 heavy (non-hydrogen) atoms. The number of urea groups is 1. The Balaban J connectivity index is 1.16. The highest BCUT2D eigenvalue weighted by Gasteiger charge is 2.21. The summed E-state index contributed by atoms with van der Waals surface area (Å²) >= 11 is 1.56. The molecule has 4 aromatic rings. The van der Waals surface area contributed by atoms with Crippen LogP contribution in [0.1, 0.15) is 5.56 Å². The van der Waals surface area contributed by atoms with Crippen LogP contribution in [0, 0.1) is 5.82 Å². The number of rotatable bonds is 6. The number of aromatic nitrogens is 1. The molecule has 174 valence electrons. The van der Waals surface area contributed by atoms with Gasteiger partial charge in [-0.25, -0.2) is 9.18 Å². The van der Waals surface area contributed by atoms with Crippen LogP contribution >= 0.6 is 11.5 Å². The van der Waals surface area contributed by atoms with Crippen LogP contribution in [0.4, 0.5) is 26.4 Å². The van der Waals surface area contributed by atoms with Crippen molar-refractivity contribution in [3.8, 4) is 0 Å². The van der Waals surface area contributed by atoms with Crippen LogP contribution in [-0.4, -0.2) is 48.0 Å². The number of amides is 2. The Bertz CT molecular complexity index is 1280. The molecular weight excluding hydrogens is 449 g/mol. The normalized spacial score (nSPS) is 14.3. The van der Waals surface area contributed by atoms with Gasteiger partial charge in [0.15, 0.2) is 0 Å². The van der Waals surface area contributed by atoms with Gasteiger partial charge in [0.1, 0.15) is 11.6 Å². The van der Waals surface area contributed by atoms with Gasteiger partial charge in [-0.2, -0.15) is 4.37 Å². The van der Waals surface area contributed by atoms with Crippen molar-refractivity contribution in [2.75, 3.05) is 48.3 Å². The summed E-state index contributed by atoms with van der Waals surface area (Å²) in [6.07, 6.45) is 0.815. The maximum atomic E-state index is 13.8. The average Bonchev–Trinajstić information content (AvgIpc) is 3.29. The summed E-state index contributed by atoms with van der Waals surface area (Å²) in [6, 6.07) is 21.8. The topological polar surface area (TPSA) is 60.5 Å². The van der Waals surface area contributed by atoms with E-state index >= 15 is 0 Å². The van der Waals surface area contributed by atoms with Crippen LogP contribution in [-0.2, 0) is 6.42 Å². The average molecular weight is 476 g/mol. The van der Waals surface area contributed by atoms with Gasteiger partial charge in [0.25, 0.3) is 0 Å². The van der Waals surface area contributed by atoms with Crippen LogP contribution in [0.3, 0.4) is 0 Å². The molecule has 3 aromatic carbocycles. The molecule has 1 aromatic heterocycles. The molecule has 0 bridgehead atoms. The summed E-state index contributed by atoms with van der Waals surface area (Å²) in [5.41, 5.74) is 1.95. The molecule has 0 radical (unpaired) electrons. The van der Waals surface area contributed by atoms with Gasteiger partial charge in [0, 0.05) is 43.8 Å². The zero-order chi connectivity index (χ0) is 23.3. The number of piperazine rings is 1. The van der Waals surface area contributed by atoms with Crippen molar-refractivity contribution in [2.45, 2.75) is 6.42 Å². The third kappa shape index (κ3) is 5.03. The number of carbonyl (C=O) groups excluding carboxylic acids is 1. The van der Waals surface area contributed by atoms with Crippen molar-refractivity contribution < 1.29 is 9.18 Å². The van der Waals surface area contributed by atoms with Crippen LogP contribution < -0.4 is 15.5 Å². The number of nitrogens with zero attached hydrogens (tertiary/aromatic N) is 3. The second kappa shape index (κ2) is 10.2. The van der Waals surface area contributed by atoms with E-state index in [-0.39, 0.29) is 5.69 Å². The quantitative estimate of drug-likeness (QED) is 0.390. The molecular formula is C26H26FN5OS. The minimum Gasteiger partial charge on any atom is -0.353 e. The number of halogens is 1. The van der Waals surface area contributed by atoms with E-state index in [0.717, 1.165) is 56.2 Å². The van der Waals surface area contributed by atoms with Crippen molar-refractivity contribution >= 4 is 44.8 Å². The van der Waals surface area contributed by atoms with E-state index < -0.39 is 11.8 Å². The van der Waals surface area contributed by atoms with E-state index in [4.69, 9.17) is 4.37 Å². The molecule has 0 saturated carbocycles. The molecule has 0 aliphatic carbocycles. The van der Waals surface area contributed by atoms with Gasteiger partial charge in [-0.1, -0.05) is 42.5 Å². The molecule has 8 heteroatoms. The minimum atomic E-state index is -0.462. The zero-order valence-electron chi connectivity index (χ0n) is 18.7. The van der Waals surface area contributed by atoms with Crippen molar-refractivity contribution in [1.29, 1.82) is 0 Å². The lowest BCUT2D eigenvalue weighted by molar-refractivity contribution is 0.260. The zero-order valence-corrected chi connectivity index (χ0v) is 19.5. The van der Waals surface area contributed by atoms with Crippen LogP contribution in [0.25, 0.3) is 10.1 Å². The van der Waals surface area contributed by atoms with E-state index in [1.807, 2.05) is 24.3 Å². The van der Waals surface area contributed by atoms with Crippen molar-refractivity contribution in [3.63, 3.8) is 0 Å². The summed E-state index contributed by atoms with van der Waals surface area (Å²) in [4.78, 5) is 17.2. The second-order valence-electron chi connectivity index (χ2n) is 8.30. The lowest BCUT2D eigenvalue weighted by Crippen LogP contribution is -2.47. The number of anilines is 3. The highest BCUT2D eigenvalue weighted by Crippen LogP contribution is 2.30. The molecule has 6 nitrogen and oxygen atoms in total. The van der Waals surface area contributed by atoms with Gasteiger partial charge in [-0.05, 0) is 53.8 Å². The van der Waals surface area contributed by atoms with Gasteiger partial charge in [0.05, 0.1) is 10.4 Å². The monoisotopic (exact) mass is 475 g/mol. The number of para-hydroxylation sites is 2. The van der Waals surface area contributed by atoms with Crippen molar-refractivity contribution in [2.24, 2.45) is 0 Å². The van der Waals surface area contributed by atoms with E-state index in [9.17, 15) is 9.18 Å². The molecule has 0 spiro atoms. The fourth-order valence-corrected chi connectivity index (χ4v) is 5.06. The Kier molecular flexibility index (Phi) is 6.69. The molecule has 0 unspecified atom stereocenters. The minimum absolute atomic E-state index is 0.156. The Morgan fingerprint density at radius 1 is 0.882 bits per heavy atom. The molecule has 2 amide bonds. The predicted octanol–water partition coefficient (Wildman–Crippen LogP) is 5.44. The summed E-state index contributed by atoms with van der Waals surface area (Å²) in [5, 5.41) is 6.67. The fraction of sp³-hybridized carbons (Fsp3) is 0.231. The lowest BCUT2D eigenvalue weighted by Gasteiger charge is -2.35. The third-order valence-electron chi connectivity index (χ3n) is 6.12. The van der Waals surface area contributed by atoms with Crippen molar-refractivity contribution in [3.05, 3.63) is 84.2 Å². The summed E-state index contributed by atoms with van der Waals surface area (Å²) < 4.78 is 19.8. The number of carbonyl (C=O) groups is 1. The first-order chi connectivity index (χ1) is 16.7. The van der Waals surface area contributed by atoms with Gasteiger partial charge in [-0.15, -0.1) is 0 Å². The Labute approximate surface area is 202 Å². The first-order valence-electron chi connectivity index (χ1n) is 11.4. The van der Waals surface area contributed by atoms with Gasteiger partial charge in [-0.3, -0.25) is 4.90 Å². The van der Waals surface area contributed by atoms with Crippen LogP contribution in [0.15, 0.2) is 72.8 Å². The number of fused-ring (bicyclic) bond motifs is 1. The fourth-order valence-electron chi connectivity index (χ4n) is 4.26. The predicted molar refractivity (Wildman–Crippen MR) is 137 cm³/mol. The second-order valence-corrected chi connectivity index (χ2v) is 9.10. The summed E-state index contributed by atoms with van der Waals surface area (Å²) in [6.45, 7) is 4.72. The van der Waals surface area contributed by atoms with E-state index in [2.05, 4.69) is 44.7 Å². The highest BCUT2D eigenvalue weighted by molar-refractivity contribution is 7.13. The summed E-state index contributed by atoms with van der Waals surface area (Å²) in [7, 11) is 0. The molecule has 1 aliphatic rings. The van der Waals surface area contributed by atoms with Crippen molar-refractivity contribution in [1.82, 2.24) is 9.27 Å². The number of benzene rings is 3. The molecule has 0 atom stereocenters. The Morgan fingerprint density at radius 2 is 1.56 bits per heavy atom. The van der Waals surface area contributed by atoms with Gasteiger partial charge < -0.3 is 15.5 Å². The Morgan fingerprint density at radius 3 is 2.38 bits per heavy atom. The lowest BCUT2D eigenvalue weighted by atomic mass is 10.1. The van der Waals surface area contributed by atoms with Gasteiger partial charge >= 0.3 is 6.03 Å². The highest BCUT2D eigenvalue weighted by atomic mass is 32.1. The Hall–Kier alpha value is -3.49.